The van der Waals surface area contributed by atoms with Gasteiger partial charge in [0.25, 0.3) is 0 Å². The zero-order valence-corrected chi connectivity index (χ0v) is 8.99. The SMILES string of the molecule is Fc1ccccc1OCc1ccc(Cl)nn1. The Bertz CT molecular complexity index is 476. The van der Waals surface area contributed by atoms with Crippen molar-refractivity contribution in [3.63, 3.8) is 0 Å². The highest BCUT2D eigenvalue weighted by Gasteiger charge is 2.02. The first-order valence-electron chi connectivity index (χ1n) is 4.61. The van der Waals surface area contributed by atoms with Crippen LogP contribution in [-0.4, -0.2) is 10.2 Å². The highest BCUT2D eigenvalue weighted by Crippen LogP contribution is 2.16. The predicted octanol–water partition coefficient (Wildman–Crippen LogP) is 2.85. The number of benzene rings is 1. The summed E-state index contributed by atoms with van der Waals surface area (Å²) in [4.78, 5) is 0. The molecule has 0 spiro atoms. The quantitative estimate of drug-likeness (QED) is 0.825. The maximum absolute atomic E-state index is 13.2. The topological polar surface area (TPSA) is 35.0 Å². The molecule has 16 heavy (non-hydrogen) atoms. The van der Waals surface area contributed by atoms with Crippen LogP contribution < -0.4 is 4.74 Å². The molecule has 0 aliphatic carbocycles. The third kappa shape index (κ3) is 2.67. The molecular weight excluding hydrogens is 231 g/mol. The van der Waals surface area contributed by atoms with E-state index in [1.54, 1.807) is 30.3 Å². The zero-order valence-electron chi connectivity index (χ0n) is 8.23. The fraction of sp³-hybridized carbons (Fsp3) is 0.0909. The van der Waals surface area contributed by atoms with Crippen molar-refractivity contribution in [2.24, 2.45) is 0 Å². The molecule has 2 aromatic rings. The lowest BCUT2D eigenvalue weighted by molar-refractivity contribution is 0.284. The van der Waals surface area contributed by atoms with Crippen molar-refractivity contribution in [2.45, 2.75) is 6.61 Å². The Kier molecular flexibility index (Phi) is 3.31. The first-order valence-corrected chi connectivity index (χ1v) is 4.99. The number of hydrogen-bond donors (Lipinski definition) is 0. The molecule has 2 rings (SSSR count). The molecule has 0 bridgehead atoms. The summed E-state index contributed by atoms with van der Waals surface area (Å²) in [5.74, 6) is -0.205. The van der Waals surface area contributed by atoms with Crippen molar-refractivity contribution in [2.75, 3.05) is 0 Å². The maximum atomic E-state index is 13.2. The van der Waals surface area contributed by atoms with Gasteiger partial charge in [0.2, 0.25) is 0 Å². The van der Waals surface area contributed by atoms with E-state index in [0.717, 1.165) is 0 Å². The third-order valence-corrected chi connectivity index (χ3v) is 2.10. The molecule has 0 saturated heterocycles. The van der Waals surface area contributed by atoms with Gasteiger partial charge in [0, 0.05) is 0 Å². The van der Waals surface area contributed by atoms with E-state index >= 15 is 0 Å². The fourth-order valence-electron chi connectivity index (χ4n) is 1.13. The molecular formula is C11H8ClFN2O. The van der Waals surface area contributed by atoms with Crippen LogP contribution >= 0.6 is 11.6 Å². The summed E-state index contributed by atoms with van der Waals surface area (Å²) in [7, 11) is 0. The van der Waals surface area contributed by atoms with Crippen molar-refractivity contribution in [1.82, 2.24) is 10.2 Å². The van der Waals surface area contributed by atoms with Gasteiger partial charge >= 0.3 is 0 Å². The van der Waals surface area contributed by atoms with Gasteiger partial charge in [-0.3, -0.25) is 0 Å². The third-order valence-electron chi connectivity index (χ3n) is 1.90. The number of nitrogens with zero attached hydrogens (tertiary/aromatic N) is 2. The number of ether oxygens (including phenoxy) is 1. The minimum absolute atomic E-state index is 0.158. The second-order valence-electron chi connectivity index (χ2n) is 3.07. The van der Waals surface area contributed by atoms with Crippen LogP contribution in [0.2, 0.25) is 5.15 Å². The van der Waals surface area contributed by atoms with E-state index in [9.17, 15) is 4.39 Å². The smallest absolute Gasteiger partial charge is 0.165 e. The van der Waals surface area contributed by atoms with Crippen molar-refractivity contribution >= 4 is 11.6 Å². The molecule has 0 aliphatic heterocycles. The average Bonchev–Trinajstić information content (AvgIpc) is 2.30. The van der Waals surface area contributed by atoms with Crippen LogP contribution in [0, 0.1) is 5.82 Å². The largest absolute Gasteiger partial charge is 0.484 e. The van der Waals surface area contributed by atoms with Crippen LogP contribution in [0.15, 0.2) is 36.4 Å². The Morgan fingerprint density at radius 3 is 2.62 bits per heavy atom. The van der Waals surface area contributed by atoms with Crippen LogP contribution in [-0.2, 0) is 6.61 Å². The molecule has 0 saturated carbocycles. The van der Waals surface area contributed by atoms with Crippen LogP contribution in [0.4, 0.5) is 4.39 Å². The normalized spacial score (nSPS) is 10.1. The van der Waals surface area contributed by atoms with E-state index in [4.69, 9.17) is 16.3 Å². The lowest BCUT2D eigenvalue weighted by atomic mass is 10.3. The lowest BCUT2D eigenvalue weighted by Gasteiger charge is -2.05. The lowest BCUT2D eigenvalue weighted by Crippen LogP contribution is -2.00. The number of aromatic nitrogens is 2. The second-order valence-corrected chi connectivity index (χ2v) is 3.45. The van der Waals surface area contributed by atoms with E-state index in [2.05, 4.69) is 10.2 Å². The fourth-order valence-corrected chi connectivity index (χ4v) is 1.23. The van der Waals surface area contributed by atoms with E-state index < -0.39 is 5.82 Å². The molecule has 0 amide bonds. The van der Waals surface area contributed by atoms with Gasteiger partial charge in [-0.15, -0.1) is 5.10 Å². The molecule has 5 heteroatoms. The molecule has 82 valence electrons. The Labute approximate surface area is 96.8 Å². The molecule has 3 nitrogen and oxygen atoms in total. The Hall–Kier alpha value is -1.68. The standard InChI is InChI=1S/C11H8ClFN2O/c12-11-6-5-8(14-15-11)7-16-10-4-2-1-3-9(10)13/h1-6H,7H2. The van der Waals surface area contributed by atoms with E-state index in [1.165, 1.54) is 6.07 Å². The molecule has 0 radical (unpaired) electrons. The molecule has 0 fully saturated rings. The summed E-state index contributed by atoms with van der Waals surface area (Å²) in [5.41, 5.74) is 0.590. The van der Waals surface area contributed by atoms with Crippen LogP contribution in [0.1, 0.15) is 5.69 Å². The first-order chi connectivity index (χ1) is 7.75. The number of rotatable bonds is 3. The predicted molar refractivity (Wildman–Crippen MR) is 57.8 cm³/mol. The highest BCUT2D eigenvalue weighted by atomic mass is 35.5. The summed E-state index contributed by atoms with van der Waals surface area (Å²) < 4.78 is 18.4. The molecule has 1 aromatic heterocycles. The van der Waals surface area contributed by atoms with Gasteiger partial charge in [-0.2, -0.15) is 5.10 Å². The summed E-state index contributed by atoms with van der Waals surface area (Å²) in [6, 6.07) is 9.47. The summed E-state index contributed by atoms with van der Waals surface area (Å²) in [6.45, 7) is 0.158. The average molecular weight is 239 g/mol. The van der Waals surface area contributed by atoms with Crippen molar-refractivity contribution in [3.8, 4) is 5.75 Å². The molecule has 1 heterocycles. The molecule has 0 unspecified atom stereocenters. The Morgan fingerprint density at radius 1 is 1.12 bits per heavy atom. The summed E-state index contributed by atoms with van der Waals surface area (Å²) in [5, 5.41) is 7.76. The second kappa shape index (κ2) is 4.90. The van der Waals surface area contributed by atoms with Crippen molar-refractivity contribution in [1.29, 1.82) is 0 Å². The minimum Gasteiger partial charge on any atom is -0.484 e. The zero-order chi connectivity index (χ0) is 11.4. The van der Waals surface area contributed by atoms with Gasteiger partial charge in [-0.05, 0) is 24.3 Å². The first kappa shape index (κ1) is 10.8. The van der Waals surface area contributed by atoms with Crippen LogP contribution in [0.5, 0.6) is 5.75 Å². The molecule has 0 atom stereocenters. The van der Waals surface area contributed by atoms with Crippen molar-refractivity contribution in [3.05, 3.63) is 53.1 Å². The molecule has 0 aliphatic rings. The van der Waals surface area contributed by atoms with Crippen LogP contribution in [0.3, 0.4) is 0 Å². The maximum Gasteiger partial charge on any atom is 0.165 e. The van der Waals surface area contributed by atoms with E-state index in [1.807, 2.05) is 0 Å². The Balaban J connectivity index is 2.02. The van der Waals surface area contributed by atoms with Gasteiger partial charge in [0.05, 0.1) is 0 Å². The summed E-state index contributed by atoms with van der Waals surface area (Å²) >= 11 is 5.58. The van der Waals surface area contributed by atoms with Gasteiger partial charge < -0.3 is 4.74 Å². The van der Waals surface area contributed by atoms with Gasteiger partial charge in [-0.25, -0.2) is 4.39 Å². The van der Waals surface area contributed by atoms with E-state index in [0.29, 0.717) is 10.8 Å². The van der Waals surface area contributed by atoms with Crippen LogP contribution in [0.25, 0.3) is 0 Å². The number of halogens is 2. The van der Waals surface area contributed by atoms with Gasteiger partial charge in [0.15, 0.2) is 16.7 Å². The summed E-state index contributed by atoms with van der Waals surface area (Å²) in [6.07, 6.45) is 0. The Morgan fingerprint density at radius 2 is 1.94 bits per heavy atom. The van der Waals surface area contributed by atoms with Gasteiger partial charge in [0.1, 0.15) is 12.3 Å². The van der Waals surface area contributed by atoms with Gasteiger partial charge in [-0.1, -0.05) is 23.7 Å². The molecule has 1 aromatic carbocycles. The molecule has 0 N–H and O–H groups in total. The number of hydrogen-bond acceptors (Lipinski definition) is 3. The monoisotopic (exact) mass is 238 g/mol. The minimum atomic E-state index is -0.399. The van der Waals surface area contributed by atoms with E-state index in [-0.39, 0.29) is 12.4 Å². The highest BCUT2D eigenvalue weighted by molar-refractivity contribution is 6.29. The number of para-hydroxylation sites is 1. The van der Waals surface area contributed by atoms with Crippen molar-refractivity contribution < 1.29 is 9.13 Å².